The molecule has 0 radical (unpaired) electrons. The largest absolute Gasteiger partial charge is 0.455 e. The van der Waals surface area contributed by atoms with Gasteiger partial charge in [0.05, 0.1) is 12.1 Å². The molecular weight excluding hydrogens is 176 g/mol. The fourth-order valence-corrected chi connectivity index (χ4v) is 0.842. The predicted molar refractivity (Wildman–Crippen MR) is 55.2 cm³/mol. The lowest BCUT2D eigenvalue weighted by Gasteiger charge is -1.77. The van der Waals surface area contributed by atoms with Crippen molar-refractivity contribution in [3.63, 3.8) is 0 Å². The maximum absolute atomic E-state index is 5.30. The Balaban J connectivity index is 2.65. The van der Waals surface area contributed by atoms with Crippen molar-refractivity contribution >= 4 is 0 Å². The summed E-state index contributed by atoms with van der Waals surface area (Å²) in [7, 11) is 0. The van der Waals surface area contributed by atoms with Gasteiger partial charge >= 0.3 is 0 Å². The third kappa shape index (κ3) is 3.37. The molecule has 0 aliphatic carbocycles. The average molecular weight is 188 g/mol. The molecule has 0 aliphatic heterocycles. The molecule has 0 aromatic carbocycles. The second-order valence-corrected chi connectivity index (χ2v) is 2.55. The molecule has 0 saturated carbocycles. The summed E-state index contributed by atoms with van der Waals surface area (Å²) in [6.07, 6.45) is 2.26. The standard InChI is InChI=1S/C11H12N2O/c12-6-2-1-4-10-8-11(14-9-10)5-3-7-13/h8-9H,2,6-7,12-13H2. The van der Waals surface area contributed by atoms with E-state index in [1.54, 1.807) is 12.3 Å². The zero-order valence-electron chi connectivity index (χ0n) is 7.84. The van der Waals surface area contributed by atoms with Gasteiger partial charge in [-0.05, 0) is 5.92 Å². The van der Waals surface area contributed by atoms with Crippen molar-refractivity contribution in [1.82, 2.24) is 0 Å². The van der Waals surface area contributed by atoms with Gasteiger partial charge in [0.1, 0.15) is 6.26 Å². The molecule has 0 aliphatic rings. The fourth-order valence-electron chi connectivity index (χ4n) is 0.842. The highest BCUT2D eigenvalue weighted by atomic mass is 16.3. The first-order valence-electron chi connectivity index (χ1n) is 4.33. The van der Waals surface area contributed by atoms with E-state index < -0.39 is 0 Å². The van der Waals surface area contributed by atoms with Gasteiger partial charge in [-0.3, -0.25) is 0 Å². The zero-order chi connectivity index (χ0) is 10.2. The molecule has 0 atom stereocenters. The summed E-state index contributed by atoms with van der Waals surface area (Å²) in [6.45, 7) is 0.902. The minimum atomic E-state index is 0.328. The summed E-state index contributed by atoms with van der Waals surface area (Å²) in [5.41, 5.74) is 11.3. The van der Waals surface area contributed by atoms with Gasteiger partial charge in [-0.2, -0.15) is 0 Å². The molecule has 72 valence electrons. The summed E-state index contributed by atoms with van der Waals surface area (Å²) in [5, 5.41) is 0. The van der Waals surface area contributed by atoms with E-state index in [-0.39, 0.29) is 0 Å². The van der Waals surface area contributed by atoms with Crippen LogP contribution < -0.4 is 11.5 Å². The van der Waals surface area contributed by atoms with Crippen LogP contribution in [-0.4, -0.2) is 13.1 Å². The summed E-state index contributed by atoms with van der Waals surface area (Å²) in [6, 6.07) is 1.78. The molecule has 3 nitrogen and oxygen atoms in total. The molecular formula is C11H12N2O. The van der Waals surface area contributed by atoms with Crippen LogP contribution in [0.2, 0.25) is 0 Å². The van der Waals surface area contributed by atoms with Crippen LogP contribution in [0.5, 0.6) is 0 Å². The first-order chi connectivity index (χ1) is 6.86. The van der Waals surface area contributed by atoms with E-state index in [9.17, 15) is 0 Å². The quantitative estimate of drug-likeness (QED) is 0.622. The second kappa shape index (κ2) is 5.88. The van der Waals surface area contributed by atoms with Crippen molar-refractivity contribution < 1.29 is 4.42 Å². The Morgan fingerprint density at radius 3 is 2.79 bits per heavy atom. The predicted octanol–water partition coefficient (Wildman–Crippen LogP) is 0.290. The third-order valence-corrected chi connectivity index (χ3v) is 1.42. The minimum absolute atomic E-state index is 0.328. The zero-order valence-corrected chi connectivity index (χ0v) is 7.84. The van der Waals surface area contributed by atoms with Gasteiger partial charge in [0.25, 0.3) is 0 Å². The Hall–Kier alpha value is -1.68. The van der Waals surface area contributed by atoms with Crippen LogP contribution in [0.25, 0.3) is 0 Å². The molecule has 1 heterocycles. The van der Waals surface area contributed by atoms with E-state index in [0.29, 0.717) is 25.3 Å². The van der Waals surface area contributed by atoms with Crippen LogP contribution in [-0.2, 0) is 0 Å². The lowest BCUT2D eigenvalue weighted by Crippen LogP contribution is -1.95. The Kier molecular flexibility index (Phi) is 4.37. The topological polar surface area (TPSA) is 65.2 Å². The van der Waals surface area contributed by atoms with Gasteiger partial charge in [0.2, 0.25) is 0 Å². The van der Waals surface area contributed by atoms with E-state index in [2.05, 4.69) is 23.7 Å². The maximum Gasteiger partial charge on any atom is 0.177 e. The monoisotopic (exact) mass is 188 g/mol. The first-order valence-corrected chi connectivity index (χ1v) is 4.33. The van der Waals surface area contributed by atoms with Gasteiger partial charge in [-0.25, -0.2) is 0 Å². The maximum atomic E-state index is 5.30. The Morgan fingerprint density at radius 2 is 2.07 bits per heavy atom. The van der Waals surface area contributed by atoms with Crippen molar-refractivity contribution in [2.24, 2.45) is 11.5 Å². The molecule has 1 aromatic heterocycles. The molecule has 0 saturated heterocycles. The summed E-state index contributed by atoms with van der Waals surface area (Å²) < 4.78 is 5.13. The smallest absolute Gasteiger partial charge is 0.177 e. The molecule has 0 spiro atoms. The van der Waals surface area contributed by atoms with Crippen LogP contribution in [0.3, 0.4) is 0 Å². The molecule has 0 fully saturated rings. The van der Waals surface area contributed by atoms with Crippen LogP contribution in [0, 0.1) is 23.7 Å². The summed E-state index contributed by atoms with van der Waals surface area (Å²) in [5.74, 6) is 11.9. The highest BCUT2D eigenvalue weighted by Gasteiger charge is 1.94. The van der Waals surface area contributed by atoms with E-state index in [0.717, 1.165) is 5.56 Å². The third-order valence-electron chi connectivity index (χ3n) is 1.42. The lowest BCUT2D eigenvalue weighted by molar-refractivity contribution is 0.553. The van der Waals surface area contributed by atoms with Crippen molar-refractivity contribution in [3.05, 3.63) is 23.7 Å². The first kappa shape index (κ1) is 10.4. The average Bonchev–Trinajstić information content (AvgIpc) is 2.63. The van der Waals surface area contributed by atoms with Crippen LogP contribution in [0.1, 0.15) is 17.7 Å². The fraction of sp³-hybridized carbons (Fsp3) is 0.273. The molecule has 4 N–H and O–H groups in total. The molecule has 14 heavy (non-hydrogen) atoms. The number of hydrogen-bond acceptors (Lipinski definition) is 3. The highest BCUT2D eigenvalue weighted by Crippen LogP contribution is 2.04. The van der Waals surface area contributed by atoms with Gasteiger partial charge in [0.15, 0.2) is 5.76 Å². The molecule has 1 aromatic rings. The number of rotatable bonds is 1. The number of hydrogen-bond donors (Lipinski definition) is 2. The molecule has 0 bridgehead atoms. The number of nitrogens with two attached hydrogens (primary N) is 2. The Bertz CT molecular complexity index is 398. The van der Waals surface area contributed by atoms with E-state index in [1.807, 2.05) is 0 Å². The van der Waals surface area contributed by atoms with E-state index in [4.69, 9.17) is 15.9 Å². The molecule has 1 rings (SSSR count). The normalized spacial score (nSPS) is 8.43. The van der Waals surface area contributed by atoms with Crippen molar-refractivity contribution in [1.29, 1.82) is 0 Å². The van der Waals surface area contributed by atoms with Crippen LogP contribution in [0.15, 0.2) is 16.7 Å². The minimum Gasteiger partial charge on any atom is -0.455 e. The lowest BCUT2D eigenvalue weighted by atomic mass is 10.3. The van der Waals surface area contributed by atoms with Gasteiger partial charge in [-0.15, -0.1) is 0 Å². The Morgan fingerprint density at radius 1 is 1.21 bits per heavy atom. The number of furan rings is 1. The Labute approximate surface area is 83.5 Å². The van der Waals surface area contributed by atoms with Crippen LogP contribution in [0.4, 0.5) is 0 Å². The van der Waals surface area contributed by atoms with Crippen LogP contribution >= 0.6 is 0 Å². The van der Waals surface area contributed by atoms with Crippen molar-refractivity contribution in [2.45, 2.75) is 6.42 Å². The highest BCUT2D eigenvalue weighted by molar-refractivity contribution is 5.38. The second-order valence-electron chi connectivity index (χ2n) is 2.55. The molecule has 0 unspecified atom stereocenters. The van der Waals surface area contributed by atoms with E-state index in [1.165, 1.54) is 0 Å². The van der Waals surface area contributed by atoms with Crippen molar-refractivity contribution in [2.75, 3.05) is 13.1 Å². The van der Waals surface area contributed by atoms with Gasteiger partial charge in [-0.1, -0.05) is 17.8 Å². The van der Waals surface area contributed by atoms with Gasteiger partial charge < -0.3 is 15.9 Å². The molecule has 3 heteroatoms. The molecule has 0 amide bonds. The van der Waals surface area contributed by atoms with E-state index >= 15 is 0 Å². The summed E-state index contributed by atoms with van der Waals surface area (Å²) >= 11 is 0. The van der Waals surface area contributed by atoms with Crippen molar-refractivity contribution in [3.8, 4) is 23.7 Å². The van der Waals surface area contributed by atoms with Gasteiger partial charge in [0, 0.05) is 19.0 Å². The SMILES string of the molecule is NCC#Cc1cc(C#CCCN)co1. The summed E-state index contributed by atoms with van der Waals surface area (Å²) in [4.78, 5) is 0.